The summed E-state index contributed by atoms with van der Waals surface area (Å²) < 4.78 is 0. The second-order valence-corrected chi connectivity index (χ2v) is 7.67. The summed E-state index contributed by atoms with van der Waals surface area (Å²) in [6, 6.07) is 0.217. The third kappa shape index (κ3) is 5.07. The molecule has 1 amide bonds. The molecular formula is C17H29Cl2N3OS. The van der Waals surface area contributed by atoms with E-state index in [4.69, 9.17) is 10.7 Å². The van der Waals surface area contributed by atoms with Crippen molar-refractivity contribution in [1.82, 2.24) is 9.88 Å². The second kappa shape index (κ2) is 9.95. The number of hydrogen-bond donors (Lipinski definition) is 1. The highest BCUT2D eigenvalue weighted by Gasteiger charge is 2.32. The second-order valence-electron chi connectivity index (χ2n) is 6.78. The smallest absolute Gasteiger partial charge is 0.225 e. The molecule has 2 fully saturated rings. The first-order chi connectivity index (χ1) is 10.7. The van der Waals surface area contributed by atoms with E-state index in [9.17, 15) is 4.79 Å². The molecule has 0 bridgehead atoms. The van der Waals surface area contributed by atoms with Crippen molar-refractivity contribution in [2.75, 3.05) is 13.1 Å². The molecule has 2 heterocycles. The topological polar surface area (TPSA) is 59.2 Å². The van der Waals surface area contributed by atoms with Crippen LogP contribution < -0.4 is 5.73 Å². The number of halogens is 2. The summed E-state index contributed by atoms with van der Waals surface area (Å²) in [4.78, 5) is 19.6. The quantitative estimate of drug-likeness (QED) is 0.849. The Hall–Kier alpha value is -0.360. The zero-order valence-electron chi connectivity index (χ0n) is 14.3. The van der Waals surface area contributed by atoms with Crippen molar-refractivity contribution < 1.29 is 4.79 Å². The van der Waals surface area contributed by atoms with Gasteiger partial charge in [0.15, 0.2) is 0 Å². The number of amides is 1. The Morgan fingerprint density at radius 1 is 1.33 bits per heavy atom. The van der Waals surface area contributed by atoms with Crippen LogP contribution in [0.2, 0.25) is 0 Å². The normalized spacial score (nSPS) is 27.1. The number of aryl methyl sites for hydroxylation is 1. The number of carbonyl (C=O) groups is 1. The molecular weight excluding hydrogens is 365 g/mol. The van der Waals surface area contributed by atoms with E-state index in [1.807, 2.05) is 0 Å². The lowest BCUT2D eigenvalue weighted by atomic mass is 9.84. The number of rotatable bonds is 3. The van der Waals surface area contributed by atoms with Gasteiger partial charge in [-0.1, -0.05) is 13.3 Å². The molecule has 0 spiro atoms. The summed E-state index contributed by atoms with van der Waals surface area (Å²) in [5, 5.41) is 3.38. The van der Waals surface area contributed by atoms with Crippen LogP contribution in [0.1, 0.15) is 62.1 Å². The van der Waals surface area contributed by atoms with Gasteiger partial charge in [-0.2, -0.15) is 0 Å². The maximum absolute atomic E-state index is 12.8. The molecule has 1 saturated carbocycles. The van der Waals surface area contributed by atoms with Crippen molar-refractivity contribution in [3.05, 3.63) is 16.1 Å². The van der Waals surface area contributed by atoms with Crippen LogP contribution in [0, 0.1) is 5.92 Å². The van der Waals surface area contributed by atoms with Crippen LogP contribution in [-0.2, 0) is 11.2 Å². The fraction of sp³-hybridized carbons (Fsp3) is 0.765. The van der Waals surface area contributed by atoms with Gasteiger partial charge < -0.3 is 10.6 Å². The lowest BCUT2D eigenvalue weighted by Crippen LogP contribution is -2.44. The van der Waals surface area contributed by atoms with E-state index >= 15 is 0 Å². The van der Waals surface area contributed by atoms with Crippen molar-refractivity contribution in [3.63, 3.8) is 0 Å². The van der Waals surface area contributed by atoms with Gasteiger partial charge in [0.25, 0.3) is 0 Å². The minimum atomic E-state index is 0. The van der Waals surface area contributed by atoms with Gasteiger partial charge in [0, 0.05) is 36.3 Å². The van der Waals surface area contributed by atoms with E-state index < -0.39 is 0 Å². The summed E-state index contributed by atoms with van der Waals surface area (Å²) in [5.41, 5.74) is 7.23. The van der Waals surface area contributed by atoms with Crippen molar-refractivity contribution in [2.45, 2.75) is 63.8 Å². The van der Waals surface area contributed by atoms with Crippen LogP contribution in [-0.4, -0.2) is 34.9 Å². The molecule has 138 valence electrons. The number of piperidine rings is 1. The Bertz CT molecular complexity index is 526. The molecule has 3 rings (SSSR count). The Balaban J connectivity index is 0.00000144. The van der Waals surface area contributed by atoms with Crippen molar-refractivity contribution in [1.29, 1.82) is 0 Å². The van der Waals surface area contributed by atoms with Gasteiger partial charge in [-0.3, -0.25) is 4.79 Å². The van der Waals surface area contributed by atoms with E-state index in [0.717, 1.165) is 58.0 Å². The summed E-state index contributed by atoms with van der Waals surface area (Å²) >= 11 is 1.76. The van der Waals surface area contributed by atoms with E-state index in [0.29, 0.717) is 11.8 Å². The van der Waals surface area contributed by atoms with E-state index in [-0.39, 0.29) is 36.8 Å². The maximum atomic E-state index is 12.8. The largest absolute Gasteiger partial charge is 0.342 e. The fourth-order valence-electron chi connectivity index (χ4n) is 3.76. The molecule has 1 aromatic heterocycles. The molecule has 2 N–H and O–H groups in total. The molecule has 1 saturated heterocycles. The van der Waals surface area contributed by atoms with Gasteiger partial charge in [-0.15, -0.1) is 36.2 Å². The molecule has 1 aliphatic carbocycles. The summed E-state index contributed by atoms with van der Waals surface area (Å²) in [5.74, 6) is 0.928. The van der Waals surface area contributed by atoms with E-state index in [1.165, 1.54) is 10.7 Å². The monoisotopic (exact) mass is 393 g/mol. The number of nitrogens with zero attached hydrogens (tertiary/aromatic N) is 2. The molecule has 4 nitrogen and oxygen atoms in total. The number of nitrogens with two attached hydrogens (primary N) is 1. The van der Waals surface area contributed by atoms with Crippen molar-refractivity contribution in [3.8, 4) is 0 Å². The molecule has 0 aromatic carbocycles. The number of thiazole rings is 1. The average Bonchev–Trinajstić information content (AvgIpc) is 3.03. The van der Waals surface area contributed by atoms with E-state index in [1.54, 1.807) is 11.3 Å². The molecule has 0 radical (unpaired) electrons. The molecule has 3 atom stereocenters. The van der Waals surface area contributed by atoms with Gasteiger partial charge in [-0.05, 0) is 38.5 Å². The highest BCUT2D eigenvalue weighted by Crippen LogP contribution is 2.32. The Kier molecular flexibility index (Phi) is 8.99. The minimum absolute atomic E-state index is 0. The van der Waals surface area contributed by atoms with Crippen LogP contribution in [0.15, 0.2) is 5.38 Å². The number of likely N-dealkylation sites (tertiary alicyclic amines) is 1. The lowest BCUT2D eigenvalue weighted by molar-refractivity contribution is -0.138. The van der Waals surface area contributed by atoms with Crippen LogP contribution in [0.25, 0.3) is 0 Å². The fourth-order valence-corrected chi connectivity index (χ4v) is 4.79. The minimum Gasteiger partial charge on any atom is -0.342 e. The maximum Gasteiger partial charge on any atom is 0.225 e. The van der Waals surface area contributed by atoms with Crippen LogP contribution in [0.3, 0.4) is 0 Å². The number of hydrogen-bond acceptors (Lipinski definition) is 4. The summed E-state index contributed by atoms with van der Waals surface area (Å²) in [6.45, 7) is 3.90. The van der Waals surface area contributed by atoms with Gasteiger partial charge in [0.1, 0.15) is 0 Å². The average molecular weight is 394 g/mol. The van der Waals surface area contributed by atoms with Gasteiger partial charge in [-0.25, -0.2) is 4.98 Å². The Morgan fingerprint density at radius 2 is 2.12 bits per heavy atom. The summed E-state index contributed by atoms with van der Waals surface area (Å²) in [6.07, 6.45) is 7.31. The first-order valence-corrected chi connectivity index (χ1v) is 9.54. The molecule has 1 aromatic rings. The SMILES string of the molecule is CCc1csc(C2CCCN(C(=O)C3CCCC(N)C3)C2)n1.Cl.Cl. The Labute approximate surface area is 161 Å². The van der Waals surface area contributed by atoms with Gasteiger partial charge >= 0.3 is 0 Å². The highest BCUT2D eigenvalue weighted by atomic mass is 35.5. The molecule has 7 heteroatoms. The summed E-state index contributed by atoms with van der Waals surface area (Å²) in [7, 11) is 0. The standard InChI is InChI=1S/C17H27N3OS.2ClH/c1-2-15-11-22-16(19-15)13-6-4-8-20(10-13)17(21)12-5-3-7-14(18)9-12;;/h11-14H,2-10,18H2,1H3;2*1H. The lowest BCUT2D eigenvalue weighted by Gasteiger charge is -2.36. The number of aromatic nitrogens is 1. The first kappa shape index (κ1) is 21.7. The molecule has 2 aliphatic rings. The third-order valence-electron chi connectivity index (χ3n) is 5.08. The predicted octanol–water partition coefficient (Wildman–Crippen LogP) is 3.77. The Morgan fingerprint density at radius 3 is 2.79 bits per heavy atom. The highest BCUT2D eigenvalue weighted by molar-refractivity contribution is 7.09. The predicted molar refractivity (Wildman–Crippen MR) is 104 cm³/mol. The van der Waals surface area contributed by atoms with Crippen LogP contribution in [0.5, 0.6) is 0 Å². The van der Waals surface area contributed by atoms with Gasteiger partial charge in [0.2, 0.25) is 5.91 Å². The number of carbonyl (C=O) groups excluding carboxylic acids is 1. The van der Waals surface area contributed by atoms with Gasteiger partial charge in [0.05, 0.1) is 10.7 Å². The first-order valence-electron chi connectivity index (χ1n) is 8.66. The van der Waals surface area contributed by atoms with Crippen LogP contribution in [0.4, 0.5) is 0 Å². The molecule has 24 heavy (non-hydrogen) atoms. The zero-order valence-corrected chi connectivity index (χ0v) is 16.7. The van der Waals surface area contributed by atoms with Crippen LogP contribution >= 0.6 is 36.2 Å². The van der Waals surface area contributed by atoms with Crippen molar-refractivity contribution >= 4 is 42.1 Å². The molecule has 1 aliphatic heterocycles. The van der Waals surface area contributed by atoms with Crippen molar-refractivity contribution in [2.24, 2.45) is 11.7 Å². The molecule has 3 unspecified atom stereocenters. The zero-order chi connectivity index (χ0) is 15.5. The van der Waals surface area contributed by atoms with E-state index in [2.05, 4.69) is 17.2 Å². The third-order valence-corrected chi connectivity index (χ3v) is 6.13.